The second kappa shape index (κ2) is 8.89. The molecule has 0 aliphatic rings. The summed E-state index contributed by atoms with van der Waals surface area (Å²) < 4.78 is 0. The highest BCUT2D eigenvalue weighted by Crippen LogP contribution is 2.12. The quantitative estimate of drug-likeness (QED) is 0.448. The average Bonchev–Trinajstić information content (AvgIpc) is 2.64. The molecule has 2 rings (SSSR count). The first-order chi connectivity index (χ1) is 12.5. The van der Waals surface area contributed by atoms with Crippen molar-refractivity contribution in [1.82, 2.24) is 5.32 Å². The molecular weight excluding hydrogens is 334 g/mol. The number of hydrogen-bond donors (Lipinski definition) is 4. The molecule has 7 nitrogen and oxygen atoms in total. The Morgan fingerprint density at radius 1 is 1.15 bits per heavy atom. The molecule has 1 amide bonds. The summed E-state index contributed by atoms with van der Waals surface area (Å²) in [6.45, 7) is 0.330. The number of carboxylic acids is 1. The van der Waals surface area contributed by atoms with Gasteiger partial charge < -0.3 is 20.8 Å². The van der Waals surface area contributed by atoms with Crippen molar-refractivity contribution in [2.45, 2.75) is 6.42 Å². The van der Waals surface area contributed by atoms with Crippen LogP contribution in [0.2, 0.25) is 0 Å². The number of carbonyl (C=O) groups excluding carboxylic acids is 1. The Morgan fingerprint density at radius 2 is 1.88 bits per heavy atom. The van der Waals surface area contributed by atoms with Crippen LogP contribution in [-0.4, -0.2) is 28.6 Å². The van der Waals surface area contributed by atoms with Crippen molar-refractivity contribution in [3.8, 4) is 11.8 Å². The number of hydrogen-bond acceptors (Lipinski definition) is 5. The van der Waals surface area contributed by atoms with Gasteiger partial charge in [0.25, 0.3) is 5.91 Å². The molecule has 26 heavy (non-hydrogen) atoms. The van der Waals surface area contributed by atoms with Crippen LogP contribution in [0.15, 0.2) is 60.3 Å². The minimum atomic E-state index is -1.06. The normalized spacial score (nSPS) is 10.7. The molecule has 2 aromatic carbocycles. The van der Waals surface area contributed by atoms with Crippen LogP contribution in [0, 0.1) is 11.3 Å². The Kier molecular flexibility index (Phi) is 6.34. The number of carboxylic acid groups (broad SMARTS) is 1. The zero-order chi connectivity index (χ0) is 18.9. The molecule has 0 saturated carbocycles. The van der Waals surface area contributed by atoms with E-state index < -0.39 is 11.9 Å². The Morgan fingerprint density at radius 3 is 2.54 bits per heavy atom. The molecule has 0 bridgehead atoms. The van der Waals surface area contributed by atoms with Gasteiger partial charge in [0, 0.05) is 18.4 Å². The number of nitriles is 1. The van der Waals surface area contributed by atoms with E-state index in [2.05, 4.69) is 10.6 Å². The topological polar surface area (TPSA) is 122 Å². The molecule has 0 fully saturated rings. The second-order valence-electron chi connectivity index (χ2n) is 5.37. The van der Waals surface area contributed by atoms with Crippen LogP contribution < -0.4 is 10.6 Å². The second-order valence-corrected chi connectivity index (χ2v) is 5.37. The van der Waals surface area contributed by atoms with Crippen molar-refractivity contribution in [2.24, 2.45) is 0 Å². The molecule has 132 valence electrons. The van der Waals surface area contributed by atoms with Gasteiger partial charge in [-0.05, 0) is 42.3 Å². The highest BCUT2D eigenvalue weighted by Gasteiger charge is 2.08. The molecule has 0 aromatic heterocycles. The standard InChI is InChI=1S/C19H17N3O4/c20-11-15(12-22-16-3-1-2-14(10-16)19(25)26)18(24)21-9-8-13-4-6-17(23)7-5-13/h1-7,10,12,22-23H,8-9H2,(H,21,24)(H,25,26)/b15-12-. The van der Waals surface area contributed by atoms with Gasteiger partial charge in [-0.3, -0.25) is 4.79 Å². The molecule has 0 atom stereocenters. The lowest BCUT2D eigenvalue weighted by Gasteiger charge is -2.06. The van der Waals surface area contributed by atoms with E-state index >= 15 is 0 Å². The summed E-state index contributed by atoms with van der Waals surface area (Å²) in [7, 11) is 0. The Labute approximate surface area is 150 Å². The van der Waals surface area contributed by atoms with Gasteiger partial charge in [0.1, 0.15) is 17.4 Å². The fourth-order valence-electron chi connectivity index (χ4n) is 2.12. The summed E-state index contributed by atoms with van der Waals surface area (Å²) in [4.78, 5) is 23.0. The van der Waals surface area contributed by atoms with Gasteiger partial charge in [0.15, 0.2) is 0 Å². The SMILES string of the molecule is N#C/C(=C/Nc1cccc(C(=O)O)c1)C(=O)NCCc1ccc(O)cc1. The number of phenols is 1. The lowest BCUT2D eigenvalue weighted by Crippen LogP contribution is -2.27. The number of nitrogens with one attached hydrogen (secondary N) is 2. The molecule has 0 unspecified atom stereocenters. The van der Waals surface area contributed by atoms with E-state index in [1.54, 1.807) is 42.5 Å². The highest BCUT2D eigenvalue weighted by atomic mass is 16.4. The smallest absolute Gasteiger partial charge is 0.335 e. The van der Waals surface area contributed by atoms with Crippen LogP contribution in [0.3, 0.4) is 0 Å². The van der Waals surface area contributed by atoms with Crippen LogP contribution in [0.1, 0.15) is 15.9 Å². The molecule has 2 aromatic rings. The number of anilines is 1. The first-order valence-corrected chi connectivity index (χ1v) is 7.76. The van der Waals surface area contributed by atoms with Gasteiger partial charge in [0.05, 0.1) is 5.56 Å². The van der Waals surface area contributed by atoms with Gasteiger partial charge in [-0.2, -0.15) is 5.26 Å². The summed E-state index contributed by atoms with van der Waals surface area (Å²) in [6.07, 6.45) is 1.79. The zero-order valence-corrected chi connectivity index (χ0v) is 13.8. The Bertz CT molecular complexity index is 867. The van der Waals surface area contributed by atoms with E-state index in [1.165, 1.54) is 18.3 Å². The van der Waals surface area contributed by atoms with Crippen LogP contribution in [0.5, 0.6) is 5.75 Å². The van der Waals surface area contributed by atoms with Crippen LogP contribution in [-0.2, 0) is 11.2 Å². The predicted octanol–water partition coefficient (Wildman–Crippen LogP) is 2.27. The van der Waals surface area contributed by atoms with Gasteiger partial charge in [-0.1, -0.05) is 18.2 Å². The average molecular weight is 351 g/mol. The minimum absolute atomic E-state index is 0.0975. The summed E-state index contributed by atoms with van der Waals surface area (Å²) >= 11 is 0. The Balaban J connectivity index is 1.92. The largest absolute Gasteiger partial charge is 0.508 e. The number of aromatic carboxylic acids is 1. The first-order valence-electron chi connectivity index (χ1n) is 7.76. The molecule has 0 aliphatic carbocycles. The van der Waals surface area contributed by atoms with Crippen molar-refractivity contribution in [3.63, 3.8) is 0 Å². The first kappa shape index (κ1) is 18.5. The number of phenolic OH excluding ortho intramolecular Hbond substituents is 1. The summed E-state index contributed by atoms with van der Waals surface area (Å²) in [5, 5.41) is 32.7. The Hall–Kier alpha value is -3.79. The van der Waals surface area contributed by atoms with Crippen molar-refractivity contribution in [1.29, 1.82) is 5.26 Å². The maximum absolute atomic E-state index is 12.0. The van der Waals surface area contributed by atoms with Crippen LogP contribution >= 0.6 is 0 Å². The fourth-order valence-corrected chi connectivity index (χ4v) is 2.12. The van der Waals surface area contributed by atoms with Gasteiger partial charge in [-0.15, -0.1) is 0 Å². The highest BCUT2D eigenvalue weighted by molar-refractivity contribution is 5.97. The molecule has 4 N–H and O–H groups in total. The fraction of sp³-hybridized carbons (Fsp3) is 0.105. The molecule has 0 aliphatic heterocycles. The summed E-state index contributed by atoms with van der Waals surface area (Å²) in [5.41, 5.74) is 1.36. The van der Waals surface area contributed by atoms with Gasteiger partial charge in [-0.25, -0.2) is 4.79 Å². The maximum Gasteiger partial charge on any atom is 0.335 e. The number of nitrogens with zero attached hydrogens (tertiary/aromatic N) is 1. The number of benzene rings is 2. The van der Waals surface area contributed by atoms with E-state index in [9.17, 15) is 14.7 Å². The number of carbonyl (C=O) groups is 2. The monoisotopic (exact) mass is 351 g/mol. The van der Waals surface area contributed by atoms with E-state index in [-0.39, 0.29) is 16.9 Å². The van der Waals surface area contributed by atoms with Gasteiger partial charge >= 0.3 is 5.97 Å². The number of amides is 1. The molecular formula is C19H17N3O4. The van der Waals surface area contributed by atoms with E-state index in [1.807, 2.05) is 0 Å². The van der Waals surface area contributed by atoms with Gasteiger partial charge in [0.2, 0.25) is 0 Å². The predicted molar refractivity (Wildman–Crippen MR) is 95.5 cm³/mol. The molecule has 0 saturated heterocycles. The molecule has 0 radical (unpaired) electrons. The lowest BCUT2D eigenvalue weighted by molar-refractivity contribution is -0.117. The van der Waals surface area contributed by atoms with E-state index in [0.29, 0.717) is 18.7 Å². The number of aromatic hydroxyl groups is 1. The van der Waals surface area contributed by atoms with Crippen molar-refractivity contribution in [2.75, 3.05) is 11.9 Å². The van der Waals surface area contributed by atoms with Crippen molar-refractivity contribution in [3.05, 3.63) is 71.4 Å². The third-order valence-corrected chi connectivity index (χ3v) is 3.49. The molecule has 7 heteroatoms. The van der Waals surface area contributed by atoms with E-state index in [4.69, 9.17) is 10.4 Å². The van der Waals surface area contributed by atoms with Crippen molar-refractivity contribution >= 4 is 17.6 Å². The molecule has 0 heterocycles. The van der Waals surface area contributed by atoms with E-state index in [0.717, 1.165) is 5.56 Å². The maximum atomic E-state index is 12.0. The van der Waals surface area contributed by atoms with Crippen LogP contribution in [0.4, 0.5) is 5.69 Å². The minimum Gasteiger partial charge on any atom is -0.508 e. The molecule has 0 spiro atoms. The third kappa shape index (κ3) is 5.39. The summed E-state index contributed by atoms with van der Waals surface area (Å²) in [6, 6.07) is 14.5. The number of rotatable bonds is 7. The third-order valence-electron chi connectivity index (χ3n) is 3.49. The zero-order valence-electron chi connectivity index (χ0n) is 13.8. The van der Waals surface area contributed by atoms with Crippen LogP contribution in [0.25, 0.3) is 0 Å². The lowest BCUT2D eigenvalue weighted by atomic mass is 10.1. The summed E-state index contributed by atoms with van der Waals surface area (Å²) in [5.74, 6) is -1.43. The van der Waals surface area contributed by atoms with Crippen molar-refractivity contribution < 1.29 is 19.8 Å².